The first-order valence-corrected chi connectivity index (χ1v) is 6.24. The van der Waals surface area contributed by atoms with Gasteiger partial charge in [-0.25, -0.2) is 4.39 Å². The van der Waals surface area contributed by atoms with Gasteiger partial charge in [-0.2, -0.15) is 0 Å². The molecule has 1 rings (SSSR count). The van der Waals surface area contributed by atoms with Crippen molar-refractivity contribution in [3.63, 3.8) is 0 Å². The molecule has 16 heavy (non-hydrogen) atoms. The van der Waals surface area contributed by atoms with Crippen molar-refractivity contribution in [2.24, 2.45) is 0 Å². The Bertz CT molecular complexity index is 318. The van der Waals surface area contributed by atoms with Crippen LogP contribution in [0.4, 0.5) is 4.39 Å². The van der Waals surface area contributed by atoms with Crippen LogP contribution in [0, 0.1) is 5.82 Å². The molecule has 3 nitrogen and oxygen atoms in total. The van der Waals surface area contributed by atoms with Crippen molar-refractivity contribution in [1.29, 1.82) is 0 Å². The maximum Gasteiger partial charge on any atom is 0.577 e. The van der Waals surface area contributed by atoms with Crippen molar-refractivity contribution in [3.05, 3.63) is 35.6 Å². The highest BCUT2D eigenvalue weighted by molar-refractivity contribution is 6.36. The highest BCUT2D eigenvalue weighted by Crippen LogP contribution is 2.09. The number of benzene rings is 1. The molecule has 0 aliphatic heterocycles. The molecule has 1 unspecified atom stereocenters. The summed E-state index contributed by atoms with van der Waals surface area (Å²) < 4.78 is 28.5. The first-order valence-electron chi connectivity index (χ1n) is 5.01. The van der Waals surface area contributed by atoms with E-state index in [-0.39, 0.29) is 11.9 Å². The smallest absolute Gasteiger partial charge is 0.375 e. The molecule has 0 amide bonds. The van der Waals surface area contributed by atoms with Crippen molar-refractivity contribution in [2.75, 3.05) is 14.2 Å². The van der Waals surface area contributed by atoms with Crippen molar-refractivity contribution in [1.82, 2.24) is 0 Å². The van der Waals surface area contributed by atoms with E-state index in [0.29, 0.717) is 6.42 Å². The summed E-state index contributed by atoms with van der Waals surface area (Å²) >= 11 is 0. The lowest BCUT2D eigenvalue weighted by Gasteiger charge is -2.16. The van der Waals surface area contributed by atoms with Gasteiger partial charge in [0.05, 0.1) is 6.10 Å². The Morgan fingerprint density at radius 3 is 2.56 bits per heavy atom. The molecule has 1 aromatic carbocycles. The third-order valence-electron chi connectivity index (χ3n) is 2.04. The molecule has 0 aliphatic rings. The van der Waals surface area contributed by atoms with E-state index in [2.05, 4.69) is 0 Å². The minimum atomic E-state index is -1.65. The van der Waals surface area contributed by atoms with Gasteiger partial charge in [-0.1, -0.05) is 12.1 Å². The lowest BCUT2D eigenvalue weighted by molar-refractivity contribution is 0.0951. The molecule has 0 aliphatic carbocycles. The molecule has 0 aromatic heterocycles. The molecule has 1 aromatic rings. The summed E-state index contributed by atoms with van der Waals surface area (Å²) in [6.45, 7) is 1.91. The maximum atomic E-state index is 12.9. The van der Waals surface area contributed by atoms with Crippen molar-refractivity contribution < 1.29 is 17.7 Å². The largest absolute Gasteiger partial charge is 0.577 e. The van der Waals surface area contributed by atoms with Gasteiger partial charge < -0.3 is 13.3 Å². The minimum absolute atomic E-state index is 0.0596. The summed E-state index contributed by atoms with van der Waals surface area (Å²) in [5.74, 6) is -0.228. The second-order valence-corrected chi connectivity index (χ2v) is 4.97. The molecule has 0 saturated carbocycles. The fourth-order valence-electron chi connectivity index (χ4n) is 1.38. The van der Waals surface area contributed by atoms with Crippen molar-refractivity contribution in [2.45, 2.75) is 19.4 Å². The molecule has 1 atom stereocenters. The Balaban J connectivity index is 2.47. The molecule has 0 bridgehead atoms. The van der Waals surface area contributed by atoms with E-state index in [4.69, 9.17) is 13.3 Å². The summed E-state index contributed by atoms with van der Waals surface area (Å²) in [6, 6.07) is 6.49. The Morgan fingerprint density at radius 2 is 2.00 bits per heavy atom. The summed E-state index contributed by atoms with van der Waals surface area (Å²) in [5.41, 5.74) is 0.904. The molecule has 0 heterocycles. The average molecular weight is 243 g/mol. The highest BCUT2D eigenvalue weighted by atomic mass is 28.3. The second-order valence-electron chi connectivity index (χ2n) is 3.42. The molecule has 0 N–H and O–H groups in total. The summed E-state index contributed by atoms with van der Waals surface area (Å²) in [7, 11) is 1.45. The van der Waals surface area contributed by atoms with Crippen molar-refractivity contribution >= 4 is 9.53 Å². The van der Waals surface area contributed by atoms with E-state index in [1.807, 2.05) is 13.0 Å². The van der Waals surface area contributed by atoms with Crippen LogP contribution in [0.5, 0.6) is 0 Å². The van der Waals surface area contributed by atoms with E-state index in [1.54, 1.807) is 20.3 Å². The van der Waals surface area contributed by atoms with Gasteiger partial charge in [0, 0.05) is 14.2 Å². The fourth-order valence-corrected chi connectivity index (χ4v) is 2.15. The van der Waals surface area contributed by atoms with E-state index < -0.39 is 9.53 Å². The van der Waals surface area contributed by atoms with Gasteiger partial charge in [-0.15, -0.1) is 0 Å². The van der Waals surface area contributed by atoms with Gasteiger partial charge in [0.15, 0.2) is 0 Å². The Hall–Kier alpha value is -0.753. The molecule has 0 saturated heterocycles. The monoisotopic (exact) mass is 243 g/mol. The van der Waals surface area contributed by atoms with Crippen LogP contribution < -0.4 is 0 Å². The zero-order valence-corrected chi connectivity index (χ0v) is 10.7. The first-order chi connectivity index (χ1) is 7.65. The molecule has 0 fully saturated rings. The van der Waals surface area contributed by atoms with E-state index in [1.165, 1.54) is 12.1 Å². The quantitative estimate of drug-likeness (QED) is 0.716. The van der Waals surface area contributed by atoms with Crippen LogP contribution in [0.25, 0.3) is 0 Å². The van der Waals surface area contributed by atoms with Crippen LogP contribution in [0.1, 0.15) is 12.5 Å². The van der Waals surface area contributed by atoms with Crippen LogP contribution in [-0.4, -0.2) is 29.9 Å². The van der Waals surface area contributed by atoms with Crippen LogP contribution in [0.3, 0.4) is 0 Å². The van der Waals surface area contributed by atoms with E-state index in [9.17, 15) is 4.39 Å². The van der Waals surface area contributed by atoms with Crippen LogP contribution in [-0.2, 0) is 19.7 Å². The molecular weight excluding hydrogens is 227 g/mol. The zero-order valence-electron chi connectivity index (χ0n) is 9.70. The summed E-state index contributed by atoms with van der Waals surface area (Å²) in [5, 5.41) is 0. The molecular formula is C11H16FO3Si. The Kier molecular flexibility index (Phi) is 5.62. The molecule has 89 valence electrons. The zero-order chi connectivity index (χ0) is 12.0. The van der Waals surface area contributed by atoms with Gasteiger partial charge in [0.1, 0.15) is 5.82 Å². The lowest BCUT2D eigenvalue weighted by Crippen LogP contribution is -2.29. The molecule has 0 spiro atoms. The first kappa shape index (κ1) is 13.3. The van der Waals surface area contributed by atoms with Crippen LogP contribution >= 0.6 is 0 Å². The Morgan fingerprint density at radius 1 is 1.31 bits per heavy atom. The number of halogens is 1. The fraction of sp³-hybridized carbons (Fsp3) is 0.455. The average Bonchev–Trinajstić information content (AvgIpc) is 2.26. The van der Waals surface area contributed by atoms with Gasteiger partial charge in [-0.05, 0) is 31.0 Å². The van der Waals surface area contributed by atoms with Crippen molar-refractivity contribution in [3.8, 4) is 0 Å². The SMILES string of the molecule is CO[Si](OC)OC(C)Cc1cccc(F)c1. The van der Waals surface area contributed by atoms with E-state index in [0.717, 1.165) is 5.56 Å². The van der Waals surface area contributed by atoms with Crippen LogP contribution in [0.15, 0.2) is 24.3 Å². The molecule has 1 radical (unpaired) electrons. The third kappa shape index (κ3) is 4.40. The van der Waals surface area contributed by atoms with Gasteiger partial charge >= 0.3 is 9.53 Å². The number of hydrogen-bond donors (Lipinski definition) is 0. The third-order valence-corrected chi connectivity index (χ3v) is 3.30. The predicted molar refractivity (Wildman–Crippen MR) is 60.4 cm³/mol. The van der Waals surface area contributed by atoms with Gasteiger partial charge in [0.2, 0.25) is 0 Å². The number of rotatable bonds is 6. The highest BCUT2D eigenvalue weighted by Gasteiger charge is 2.19. The second kappa shape index (κ2) is 6.75. The topological polar surface area (TPSA) is 27.7 Å². The Labute approximate surface area is 97.1 Å². The summed E-state index contributed by atoms with van der Waals surface area (Å²) in [4.78, 5) is 0. The van der Waals surface area contributed by atoms with E-state index >= 15 is 0 Å². The normalized spacial score (nSPS) is 13.1. The van der Waals surface area contributed by atoms with Crippen LogP contribution in [0.2, 0.25) is 0 Å². The molecule has 5 heteroatoms. The lowest BCUT2D eigenvalue weighted by atomic mass is 10.1. The van der Waals surface area contributed by atoms with Gasteiger partial charge in [0.25, 0.3) is 0 Å². The van der Waals surface area contributed by atoms with Gasteiger partial charge in [-0.3, -0.25) is 0 Å². The maximum absolute atomic E-state index is 12.9. The predicted octanol–water partition coefficient (Wildman–Crippen LogP) is 2.05. The minimum Gasteiger partial charge on any atom is -0.375 e. The standard InChI is InChI=1S/C11H16FO3Si/c1-9(15-16(13-2)14-3)7-10-5-4-6-11(12)8-10/h4-6,8-9H,7H2,1-3H3. The number of hydrogen-bond acceptors (Lipinski definition) is 3. The summed E-state index contributed by atoms with van der Waals surface area (Å²) in [6.07, 6.45) is 0.578.